The van der Waals surface area contributed by atoms with Crippen LogP contribution < -0.4 is 5.01 Å². The molecule has 3 nitrogen and oxygen atoms in total. The largest absolute Gasteiger partial charge is 0.280 e. The monoisotopic (exact) mass is 356 g/mol. The minimum absolute atomic E-state index is 0.213. The first kappa shape index (κ1) is 16.5. The lowest BCUT2D eigenvalue weighted by Gasteiger charge is -2.11. The number of hydrogen-bond donors (Lipinski definition) is 0. The third kappa shape index (κ3) is 3.58. The highest BCUT2D eigenvalue weighted by Gasteiger charge is 2.28. The molecule has 24 heavy (non-hydrogen) atoms. The molecule has 0 bridgehead atoms. The maximum Gasteiger partial charge on any atom is 0.280 e. The first-order valence-electron chi connectivity index (χ1n) is 7.34. The Balaban J connectivity index is 1.87. The van der Waals surface area contributed by atoms with Crippen molar-refractivity contribution in [3.63, 3.8) is 0 Å². The molecule has 1 amide bonds. The number of amides is 1. The first-order chi connectivity index (χ1) is 11.5. The number of nitrogens with zero attached hydrogens (tertiary/aromatic N) is 2. The van der Waals surface area contributed by atoms with Crippen molar-refractivity contribution < 1.29 is 4.79 Å². The number of halogens is 2. The van der Waals surface area contributed by atoms with Gasteiger partial charge < -0.3 is 0 Å². The van der Waals surface area contributed by atoms with Gasteiger partial charge in [-0.3, -0.25) is 4.79 Å². The summed E-state index contributed by atoms with van der Waals surface area (Å²) in [6.45, 7) is 1.78. The van der Waals surface area contributed by atoms with Gasteiger partial charge in [-0.25, -0.2) is 0 Å². The third-order valence-corrected chi connectivity index (χ3v) is 3.99. The molecule has 3 rings (SSSR count). The Hall–Kier alpha value is -2.36. The van der Waals surface area contributed by atoms with E-state index in [2.05, 4.69) is 5.10 Å². The summed E-state index contributed by atoms with van der Waals surface area (Å²) in [6.07, 6.45) is 3.45. The zero-order valence-corrected chi connectivity index (χ0v) is 14.4. The van der Waals surface area contributed by atoms with E-state index in [4.69, 9.17) is 23.2 Å². The molecule has 1 aliphatic heterocycles. The van der Waals surface area contributed by atoms with E-state index in [1.54, 1.807) is 43.3 Å². The van der Waals surface area contributed by atoms with Crippen molar-refractivity contribution in [1.82, 2.24) is 0 Å². The SMILES string of the molecule is CC1=NN(c2ccc(Cl)cc2)C(=O)/C1=C\C(Cl)=C\c1ccccc1. The van der Waals surface area contributed by atoms with Gasteiger partial charge in [0.2, 0.25) is 0 Å². The molecule has 0 aromatic heterocycles. The summed E-state index contributed by atoms with van der Waals surface area (Å²) in [7, 11) is 0. The fourth-order valence-corrected chi connectivity index (χ4v) is 2.69. The summed E-state index contributed by atoms with van der Waals surface area (Å²) in [5.74, 6) is -0.213. The summed E-state index contributed by atoms with van der Waals surface area (Å²) in [4.78, 5) is 12.6. The molecule has 2 aromatic carbocycles. The van der Waals surface area contributed by atoms with Gasteiger partial charge in [0.05, 0.1) is 17.0 Å². The summed E-state index contributed by atoms with van der Waals surface area (Å²) in [5, 5.41) is 6.74. The standard InChI is InChI=1S/C19H14Cl2N2O/c1-13-18(12-16(21)11-14-5-3-2-4-6-14)19(24)23(22-13)17-9-7-15(20)8-10-17/h2-12H,1H3/b16-11-,18-12-. The molecule has 120 valence electrons. The maximum atomic E-state index is 12.6. The highest BCUT2D eigenvalue weighted by atomic mass is 35.5. The van der Waals surface area contributed by atoms with E-state index in [9.17, 15) is 4.79 Å². The van der Waals surface area contributed by atoms with Crippen LogP contribution in [0, 0.1) is 0 Å². The molecule has 0 aliphatic carbocycles. The van der Waals surface area contributed by atoms with E-state index in [-0.39, 0.29) is 5.91 Å². The Kier molecular flexibility index (Phi) is 4.84. The summed E-state index contributed by atoms with van der Waals surface area (Å²) < 4.78 is 0. The number of benzene rings is 2. The number of carbonyl (C=O) groups excluding carboxylic acids is 1. The summed E-state index contributed by atoms with van der Waals surface area (Å²) >= 11 is 12.2. The number of rotatable bonds is 3. The van der Waals surface area contributed by atoms with Gasteiger partial charge in [-0.15, -0.1) is 0 Å². The quantitative estimate of drug-likeness (QED) is 0.689. The predicted octanol–water partition coefficient (Wildman–Crippen LogP) is 5.27. The van der Waals surface area contributed by atoms with Crippen molar-refractivity contribution in [3.8, 4) is 0 Å². The highest BCUT2D eigenvalue weighted by Crippen LogP contribution is 2.26. The van der Waals surface area contributed by atoms with Gasteiger partial charge in [0, 0.05) is 10.1 Å². The lowest BCUT2D eigenvalue weighted by atomic mass is 10.1. The van der Waals surface area contributed by atoms with Crippen LogP contribution in [0.3, 0.4) is 0 Å². The minimum atomic E-state index is -0.213. The molecule has 0 saturated heterocycles. The second-order valence-electron chi connectivity index (χ2n) is 5.28. The molecule has 0 spiro atoms. The van der Waals surface area contributed by atoms with Crippen LogP contribution >= 0.6 is 23.2 Å². The third-order valence-electron chi connectivity index (χ3n) is 3.52. The second kappa shape index (κ2) is 7.04. The molecule has 2 aromatic rings. The number of carbonyl (C=O) groups is 1. The van der Waals surface area contributed by atoms with Gasteiger partial charge >= 0.3 is 0 Å². The number of hydrogen-bond acceptors (Lipinski definition) is 2. The fraction of sp³-hybridized carbons (Fsp3) is 0.0526. The Bertz CT molecular complexity index is 853. The van der Waals surface area contributed by atoms with Gasteiger partial charge in [0.1, 0.15) is 0 Å². The van der Waals surface area contributed by atoms with E-state index in [1.165, 1.54) is 5.01 Å². The topological polar surface area (TPSA) is 32.7 Å². The lowest BCUT2D eigenvalue weighted by molar-refractivity contribution is -0.114. The van der Waals surface area contributed by atoms with Crippen molar-refractivity contribution in [3.05, 3.63) is 81.9 Å². The van der Waals surface area contributed by atoms with Gasteiger partial charge in [-0.1, -0.05) is 53.5 Å². The van der Waals surface area contributed by atoms with Crippen LogP contribution in [0.25, 0.3) is 6.08 Å². The first-order valence-corrected chi connectivity index (χ1v) is 8.10. The van der Waals surface area contributed by atoms with E-state index < -0.39 is 0 Å². The normalized spacial score (nSPS) is 16.7. The molecule has 0 N–H and O–H groups in total. The zero-order valence-electron chi connectivity index (χ0n) is 12.9. The average molecular weight is 357 g/mol. The van der Waals surface area contributed by atoms with Crippen molar-refractivity contribution in [2.75, 3.05) is 5.01 Å². The Morgan fingerprint density at radius 1 is 1.08 bits per heavy atom. The molecule has 0 radical (unpaired) electrons. The van der Waals surface area contributed by atoms with Crippen LogP contribution in [-0.4, -0.2) is 11.6 Å². The number of hydrazone groups is 1. The molecule has 0 saturated carbocycles. The van der Waals surface area contributed by atoms with Gasteiger partial charge in [0.15, 0.2) is 0 Å². The predicted molar refractivity (Wildman–Crippen MR) is 100 cm³/mol. The molecule has 5 heteroatoms. The number of allylic oxidation sites excluding steroid dienone is 2. The van der Waals surface area contributed by atoms with Crippen LogP contribution in [0.1, 0.15) is 12.5 Å². The minimum Gasteiger partial charge on any atom is -0.267 e. The molecule has 0 unspecified atom stereocenters. The summed E-state index contributed by atoms with van der Waals surface area (Å²) in [6, 6.07) is 16.6. The Morgan fingerprint density at radius 2 is 1.75 bits per heavy atom. The second-order valence-corrected chi connectivity index (χ2v) is 6.15. The molecule has 0 atom stereocenters. The van der Waals surface area contributed by atoms with Crippen LogP contribution in [0.2, 0.25) is 5.02 Å². The average Bonchev–Trinajstić information content (AvgIpc) is 2.85. The van der Waals surface area contributed by atoms with E-state index in [1.807, 2.05) is 30.3 Å². The molecule has 0 fully saturated rings. The van der Waals surface area contributed by atoms with Gasteiger partial charge in [-0.2, -0.15) is 10.1 Å². The van der Waals surface area contributed by atoms with Gasteiger partial charge in [0.25, 0.3) is 5.91 Å². The molecule has 1 aliphatic rings. The smallest absolute Gasteiger partial charge is 0.267 e. The molecule has 1 heterocycles. The number of anilines is 1. The highest BCUT2D eigenvalue weighted by molar-refractivity contribution is 6.36. The molecular weight excluding hydrogens is 343 g/mol. The van der Waals surface area contributed by atoms with E-state index in [0.29, 0.717) is 27.0 Å². The van der Waals surface area contributed by atoms with E-state index in [0.717, 1.165) is 5.56 Å². The maximum absolute atomic E-state index is 12.6. The van der Waals surface area contributed by atoms with Crippen molar-refractivity contribution in [2.45, 2.75) is 6.92 Å². The fourth-order valence-electron chi connectivity index (χ4n) is 2.33. The van der Waals surface area contributed by atoms with Crippen LogP contribution in [0.15, 0.2) is 76.4 Å². The zero-order chi connectivity index (χ0) is 17.1. The Labute approximate surface area is 150 Å². The lowest BCUT2D eigenvalue weighted by Crippen LogP contribution is -2.21. The van der Waals surface area contributed by atoms with Crippen LogP contribution in [-0.2, 0) is 4.79 Å². The van der Waals surface area contributed by atoms with Crippen LogP contribution in [0.4, 0.5) is 5.69 Å². The van der Waals surface area contributed by atoms with Crippen molar-refractivity contribution in [1.29, 1.82) is 0 Å². The molecular formula is C19H14Cl2N2O. The Morgan fingerprint density at radius 3 is 2.42 bits per heavy atom. The van der Waals surface area contributed by atoms with Gasteiger partial charge in [-0.05, 0) is 48.9 Å². The van der Waals surface area contributed by atoms with Crippen molar-refractivity contribution >= 4 is 46.6 Å². The van der Waals surface area contributed by atoms with Crippen LogP contribution in [0.5, 0.6) is 0 Å². The van der Waals surface area contributed by atoms with E-state index >= 15 is 0 Å². The summed E-state index contributed by atoms with van der Waals surface area (Å²) in [5.41, 5.74) is 2.72. The van der Waals surface area contributed by atoms with Crippen molar-refractivity contribution in [2.24, 2.45) is 5.10 Å².